The van der Waals surface area contributed by atoms with Gasteiger partial charge in [-0.15, -0.1) is 0 Å². The molecule has 10 heteroatoms. The van der Waals surface area contributed by atoms with Gasteiger partial charge in [-0.05, 0) is 157 Å². The second-order valence-electron chi connectivity index (χ2n) is 18.0. The summed E-state index contributed by atoms with van der Waals surface area (Å²) in [6.07, 6.45) is 0. The summed E-state index contributed by atoms with van der Waals surface area (Å²) in [7, 11) is -2.80. The van der Waals surface area contributed by atoms with E-state index in [-0.39, 0.29) is 40.8 Å². The van der Waals surface area contributed by atoms with Crippen LogP contribution >= 0.6 is 17.2 Å². The van der Waals surface area contributed by atoms with Crippen LogP contribution in [0.25, 0.3) is 0 Å². The molecule has 0 fully saturated rings. The summed E-state index contributed by atoms with van der Waals surface area (Å²) < 4.78 is 46.4. The maximum absolute atomic E-state index is 15.2. The second-order valence-corrected chi connectivity index (χ2v) is 20.0. The predicted molar refractivity (Wildman–Crippen MR) is 266 cm³/mol. The lowest BCUT2D eigenvalue weighted by Crippen LogP contribution is -2.11. The van der Waals surface area contributed by atoms with E-state index in [9.17, 15) is 0 Å². The van der Waals surface area contributed by atoms with Gasteiger partial charge < -0.3 is 31.9 Å². The largest absolute Gasteiger partial charge is 0.530 e. The van der Waals surface area contributed by atoms with Gasteiger partial charge in [-0.25, -0.2) is 0 Å². The minimum absolute atomic E-state index is 0.158. The summed E-state index contributed by atoms with van der Waals surface area (Å²) >= 11 is 0. The SMILES string of the molecule is COc1ccc(C(=O)c2ccc(C)cc2OP(Oc2cc(C)ccc2C(C)C)Oc2cc(C)ccc2C(C)C)c(OP(Oc2cc(C)ccc2C(C)C)Oc2cc(C)ccc2C(C)C)c1. The molecule has 342 valence electrons. The molecule has 6 rings (SSSR count). The first-order valence-electron chi connectivity index (χ1n) is 22.3. The van der Waals surface area contributed by atoms with Crippen LogP contribution in [-0.2, 0) is 0 Å². The van der Waals surface area contributed by atoms with Crippen LogP contribution in [0.5, 0.6) is 40.2 Å². The van der Waals surface area contributed by atoms with Crippen LogP contribution in [0.15, 0.2) is 109 Å². The number of rotatable bonds is 19. The first-order chi connectivity index (χ1) is 30.9. The third-order valence-electron chi connectivity index (χ3n) is 11.0. The Bertz CT molecular complexity index is 2500. The van der Waals surface area contributed by atoms with Gasteiger partial charge in [-0.3, -0.25) is 4.79 Å². The average Bonchev–Trinajstić information content (AvgIpc) is 3.23. The van der Waals surface area contributed by atoms with Crippen LogP contribution in [0.4, 0.5) is 0 Å². The number of aryl methyl sites for hydroxylation is 5. The monoisotopic (exact) mass is 914 g/mol. The Kier molecular flexibility index (Phi) is 16.3. The number of carbonyl (C=O) groups is 1. The summed E-state index contributed by atoms with van der Waals surface area (Å²) in [5.74, 6) is 3.93. The van der Waals surface area contributed by atoms with E-state index in [2.05, 4.69) is 104 Å². The average molecular weight is 915 g/mol. The highest BCUT2D eigenvalue weighted by molar-refractivity contribution is 7.43. The number of methoxy groups -OCH3 is 1. The maximum Gasteiger partial charge on any atom is 0.530 e. The van der Waals surface area contributed by atoms with Crippen LogP contribution in [0.3, 0.4) is 0 Å². The predicted octanol–water partition coefficient (Wildman–Crippen LogP) is 16.5. The van der Waals surface area contributed by atoms with Crippen LogP contribution in [0.2, 0.25) is 0 Å². The van der Waals surface area contributed by atoms with Crippen molar-refractivity contribution >= 4 is 23.0 Å². The molecule has 8 nitrogen and oxygen atoms in total. The lowest BCUT2D eigenvalue weighted by Gasteiger charge is -2.24. The molecule has 0 aliphatic carbocycles. The van der Waals surface area contributed by atoms with Crippen molar-refractivity contribution in [3.05, 3.63) is 170 Å². The Morgan fingerprint density at radius 2 is 0.631 bits per heavy atom. The minimum atomic E-state index is -2.21. The smallest absolute Gasteiger partial charge is 0.497 e. The summed E-state index contributed by atoms with van der Waals surface area (Å²) in [5.41, 5.74) is 9.61. The van der Waals surface area contributed by atoms with Gasteiger partial charge in [0.2, 0.25) is 5.78 Å². The first kappa shape index (κ1) is 48.9. The van der Waals surface area contributed by atoms with Crippen molar-refractivity contribution in [2.75, 3.05) is 7.11 Å². The number of hydrogen-bond donors (Lipinski definition) is 0. The molecule has 0 amide bonds. The van der Waals surface area contributed by atoms with E-state index in [1.807, 2.05) is 71.0 Å². The van der Waals surface area contributed by atoms with Crippen LogP contribution in [-0.4, -0.2) is 12.9 Å². The molecule has 0 atom stereocenters. The molecular weight excluding hydrogens is 851 g/mol. The first-order valence-corrected chi connectivity index (χ1v) is 24.5. The van der Waals surface area contributed by atoms with Crippen molar-refractivity contribution in [2.24, 2.45) is 0 Å². The maximum atomic E-state index is 15.2. The summed E-state index contributed by atoms with van der Waals surface area (Å²) in [6.45, 7) is 27.0. The third-order valence-corrected chi connectivity index (χ3v) is 13.1. The number of ether oxygens (including phenoxy) is 1. The molecule has 0 N–H and O–H groups in total. The van der Waals surface area contributed by atoms with E-state index in [1.54, 1.807) is 31.4 Å². The summed E-state index contributed by atoms with van der Waals surface area (Å²) in [6, 6.07) is 35.2. The number of benzene rings is 6. The van der Waals surface area contributed by atoms with Crippen LogP contribution in [0, 0.1) is 34.6 Å². The zero-order chi connectivity index (χ0) is 47.1. The third kappa shape index (κ3) is 12.4. The molecule has 0 saturated heterocycles. The highest BCUT2D eigenvalue weighted by atomic mass is 31.2. The molecular formula is C55H64O8P2. The van der Waals surface area contributed by atoms with Gasteiger partial charge in [-0.1, -0.05) is 110 Å². The second kappa shape index (κ2) is 21.6. The Labute approximate surface area is 389 Å². The van der Waals surface area contributed by atoms with Crippen molar-refractivity contribution in [3.8, 4) is 40.2 Å². The standard InChI is InChI=1S/C55H64O8P2/c1-33(2)43-21-15-37(9)27-49(43)58-64(59-50-28-38(10)16-22-44(50)34(3)4)62-53-31-41(13)19-25-47(53)55(56)48-26-20-42(57-14)32-54(48)63-65(60-51-29-39(11)17-23-45(51)35(5)6)61-52-30-40(12)18-24-46(52)36(7)8/h15-36H,1-14H3. The molecule has 0 bridgehead atoms. The molecule has 0 unspecified atom stereocenters. The Balaban J connectivity index is 1.45. The van der Waals surface area contributed by atoms with Gasteiger partial charge in [0, 0.05) is 6.07 Å². The van der Waals surface area contributed by atoms with Crippen molar-refractivity contribution in [1.82, 2.24) is 0 Å². The Hall–Kier alpha value is -5.55. The minimum Gasteiger partial charge on any atom is -0.497 e. The zero-order valence-corrected chi connectivity index (χ0v) is 42.2. The fourth-order valence-electron chi connectivity index (χ4n) is 7.31. The fourth-order valence-corrected chi connectivity index (χ4v) is 9.44. The van der Waals surface area contributed by atoms with Gasteiger partial charge in [0.05, 0.1) is 18.2 Å². The van der Waals surface area contributed by atoms with E-state index in [4.69, 9.17) is 31.9 Å². The molecule has 0 saturated carbocycles. The molecule has 0 aliphatic rings. The van der Waals surface area contributed by atoms with Gasteiger partial charge in [0.25, 0.3) is 0 Å². The van der Waals surface area contributed by atoms with Crippen LogP contribution in [0.1, 0.15) is 145 Å². The van der Waals surface area contributed by atoms with E-state index >= 15 is 4.79 Å². The zero-order valence-electron chi connectivity index (χ0n) is 40.4. The van der Waals surface area contributed by atoms with Gasteiger partial charge in [-0.2, -0.15) is 0 Å². The lowest BCUT2D eigenvalue weighted by atomic mass is 10.0. The molecule has 0 radical (unpaired) electrons. The van der Waals surface area contributed by atoms with E-state index < -0.39 is 17.2 Å². The van der Waals surface area contributed by atoms with Crippen molar-refractivity contribution < 1.29 is 36.7 Å². The Morgan fingerprint density at radius 3 is 0.938 bits per heavy atom. The fraction of sp³-hybridized carbons (Fsp3) is 0.327. The van der Waals surface area contributed by atoms with Crippen LogP contribution < -0.4 is 31.9 Å². The topological polar surface area (TPSA) is 81.7 Å². The van der Waals surface area contributed by atoms with Gasteiger partial charge >= 0.3 is 17.2 Å². The molecule has 0 heterocycles. The lowest BCUT2D eigenvalue weighted by molar-refractivity contribution is 0.103. The highest BCUT2D eigenvalue weighted by Gasteiger charge is 2.31. The molecule has 0 aliphatic heterocycles. The van der Waals surface area contributed by atoms with E-state index in [0.717, 1.165) is 50.1 Å². The molecule has 65 heavy (non-hydrogen) atoms. The molecule has 6 aromatic rings. The molecule has 0 aromatic heterocycles. The highest BCUT2D eigenvalue weighted by Crippen LogP contribution is 2.50. The van der Waals surface area contributed by atoms with Gasteiger partial charge in [0.15, 0.2) is 0 Å². The summed E-state index contributed by atoms with van der Waals surface area (Å²) in [5, 5.41) is 0. The van der Waals surface area contributed by atoms with Crippen molar-refractivity contribution in [1.29, 1.82) is 0 Å². The normalized spacial score (nSPS) is 11.5. The molecule has 0 spiro atoms. The van der Waals surface area contributed by atoms with Crippen molar-refractivity contribution in [2.45, 2.75) is 114 Å². The van der Waals surface area contributed by atoms with E-state index in [0.29, 0.717) is 40.1 Å². The number of ketones is 1. The number of carbonyl (C=O) groups excluding carboxylic acids is 1. The Morgan fingerprint density at radius 1 is 0.369 bits per heavy atom. The van der Waals surface area contributed by atoms with E-state index in [1.165, 1.54) is 0 Å². The van der Waals surface area contributed by atoms with Gasteiger partial charge in [0.1, 0.15) is 40.2 Å². The number of hydrogen-bond acceptors (Lipinski definition) is 8. The van der Waals surface area contributed by atoms with Crippen molar-refractivity contribution in [3.63, 3.8) is 0 Å². The quantitative estimate of drug-likeness (QED) is 0.0587. The summed E-state index contributed by atoms with van der Waals surface area (Å²) in [4.78, 5) is 15.2. The molecule has 6 aromatic carbocycles.